The number of hydrogen-bond acceptors (Lipinski definition) is 5. The first-order valence-electron chi connectivity index (χ1n) is 6.92. The van der Waals surface area contributed by atoms with Gasteiger partial charge in [-0.05, 0) is 43.7 Å². The van der Waals surface area contributed by atoms with E-state index in [4.69, 9.17) is 25.5 Å². The average Bonchev–Trinajstić information content (AvgIpc) is 3.03. The van der Waals surface area contributed by atoms with Crippen LogP contribution in [0.5, 0.6) is 11.5 Å². The van der Waals surface area contributed by atoms with Crippen LogP contribution in [0.25, 0.3) is 0 Å². The number of hydrogen-bond donors (Lipinski definition) is 1. The average molecular weight is 337 g/mol. The summed E-state index contributed by atoms with van der Waals surface area (Å²) in [5, 5.41) is 4.26. The predicted octanol–water partition coefficient (Wildman–Crippen LogP) is 3.49. The third-order valence-electron chi connectivity index (χ3n) is 2.73. The Hall–Kier alpha value is -2.47. The molecule has 23 heavy (non-hydrogen) atoms. The maximum absolute atomic E-state index is 11.7. The fourth-order valence-electron chi connectivity index (χ4n) is 1.79. The third kappa shape index (κ3) is 4.50. The van der Waals surface area contributed by atoms with Gasteiger partial charge in [-0.25, -0.2) is 5.43 Å². The van der Waals surface area contributed by atoms with Crippen LogP contribution in [0.3, 0.4) is 0 Å². The van der Waals surface area contributed by atoms with E-state index in [0.29, 0.717) is 22.1 Å². The number of rotatable bonds is 6. The molecule has 0 aliphatic heterocycles. The lowest BCUT2D eigenvalue weighted by atomic mass is 10.2. The maximum Gasteiger partial charge on any atom is 0.307 e. The van der Waals surface area contributed by atoms with Crippen molar-refractivity contribution in [1.82, 2.24) is 5.43 Å². The van der Waals surface area contributed by atoms with E-state index in [9.17, 15) is 4.79 Å². The van der Waals surface area contributed by atoms with Crippen molar-refractivity contribution < 1.29 is 18.7 Å². The van der Waals surface area contributed by atoms with Crippen molar-refractivity contribution in [3.8, 4) is 11.5 Å². The lowest BCUT2D eigenvalue weighted by molar-refractivity contribution is 0.0927. The van der Waals surface area contributed by atoms with E-state index in [0.717, 1.165) is 0 Å². The second-order valence-electron chi connectivity index (χ2n) is 4.88. The quantitative estimate of drug-likeness (QED) is 0.647. The van der Waals surface area contributed by atoms with Crippen molar-refractivity contribution in [2.45, 2.75) is 20.0 Å². The highest BCUT2D eigenvalue weighted by Gasteiger charge is 2.13. The fraction of sp³-hybridized carbons (Fsp3) is 0.250. The van der Waals surface area contributed by atoms with Crippen molar-refractivity contribution in [1.29, 1.82) is 0 Å². The van der Waals surface area contributed by atoms with Crippen molar-refractivity contribution in [3.63, 3.8) is 0 Å². The van der Waals surface area contributed by atoms with E-state index in [1.54, 1.807) is 24.3 Å². The van der Waals surface area contributed by atoms with Crippen LogP contribution in [0, 0.1) is 0 Å². The highest BCUT2D eigenvalue weighted by atomic mass is 35.5. The zero-order valence-electron chi connectivity index (χ0n) is 13.0. The molecule has 1 N–H and O–H groups in total. The van der Waals surface area contributed by atoms with Crippen molar-refractivity contribution >= 4 is 23.7 Å². The number of nitrogens with one attached hydrogen (secondary N) is 1. The molecule has 0 unspecified atom stereocenters. The molecule has 0 spiro atoms. The fourth-order valence-corrected chi connectivity index (χ4v) is 2.06. The van der Waals surface area contributed by atoms with Gasteiger partial charge in [0, 0.05) is 0 Å². The van der Waals surface area contributed by atoms with Gasteiger partial charge < -0.3 is 13.9 Å². The molecule has 7 heteroatoms. The number of amides is 1. The maximum atomic E-state index is 11.7. The minimum atomic E-state index is -0.441. The highest BCUT2D eigenvalue weighted by Crippen LogP contribution is 2.36. The Balaban J connectivity index is 2.12. The Kier molecular flexibility index (Phi) is 5.65. The summed E-state index contributed by atoms with van der Waals surface area (Å²) < 4.78 is 15.9. The van der Waals surface area contributed by atoms with E-state index < -0.39 is 5.91 Å². The molecule has 0 bridgehead atoms. The van der Waals surface area contributed by atoms with E-state index in [2.05, 4.69) is 10.5 Å². The van der Waals surface area contributed by atoms with Crippen LogP contribution in [-0.4, -0.2) is 25.3 Å². The summed E-state index contributed by atoms with van der Waals surface area (Å²) in [5.41, 5.74) is 3.01. The van der Waals surface area contributed by atoms with Gasteiger partial charge in [-0.2, -0.15) is 5.10 Å². The molecule has 0 saturated carbocycles. The minimum Gasteiger partial charge on any atom is -0.493 e. The van der Waals surface area contributed by atoms with Crippen LogP contribution >= 0.6 is 11.6 Å². The normalized spacial score (nSPS) is 11.0. The van der Waals surface area contributed by atoms with Gasteiger partial charge in [-0.3, -0.25) is 4.79 Å². The number of benzene rings is 1. The summed E-state index contributed by atoms with van der Waals surface area (Å²) >= 11 is 6.21. The largest absolute Gasteiger partial charge is 0.493 e. The van der Waals surface area contributed by atoms with Crippen LogP contribution in [0.4, 0.5) is 0 Å². The summed E-state index contributed by atoms with van der Waals surface area (Å²) in [4.78, 5) is 11.7. The number of carbonyl (C=O) groups is 1. The second-order valence-corrected chi connectivity index (χ2v) is 5.28. The zero-order chi connectivity index (χ0) is 16.8. The number of ether oxygens (including phenoxy) is 2. The Labute approximate surface area is 139 Å². The summed E-state index contributed by atoms with van der Waals surface area (Å²) in [5.74, 6) is 0.702. The zero-order valence-corrected chi connectivity index (χ0v) is 13.8. The summed E-state index contributed by atoms with van der Waals surface area (Å²) in [6.07, 6.45) is 2.83. The van der Waals surface area contributed by atoms with Crippen LogP contribution < -0.4 is 14.9 Å². The van der Waals surface area contributed by atoms with Gasteiger partial charge >= 0.3 is 5.91 Å². The van der Waals surface area contributed by atoms with E-state index >= 15 is 0 Å². The molecular formula is C16H17ClN2O4. The number of halogens is 1. The smallest absolute Gasteiger partial charge is 0.307 e. The Morgan fingerprint density at radius 3 is 2.83 bits per heavy atom. The molecule has 0 aliphatic carbocycles. The van der Waals surface area contributed by atoms with Gasteiger partial charge in [0.2, 0.25) is 0 Å². The van der Waals surface area contributed by atoms with E-state index in [-0.39, 0.29) is 11.9 Å². The molecule has 0 fully saturated rings. The first-order chi connectivity index (χ1) is 11.0. The van der Waals surface area contributed by atoms with Crippen molar-refractivity contribution in [2.24, 2.45) is 5.10 Å². The highest BCUT2D eigenvalue weighted by molar-refractivity contribution is 6.32. The third-order valence-corrected chi connectivity index (χ3v) is 3.01. The molecule has 1 aromatic heterocycles. The van der Waals surface area contributed by atoms with Crippen LogP contribution in [0.15, 0.2) is 40.0 Å². The van der Waals surface area contributed by atoms with Gasteiger partial charge in [0.05, 0.1) is 30.7 Å². The molecule has 2 rings (SSSR count). The van der Waals surface area contributed by atoms with Gasteiger partial charge in [0.15, 0.2) is 17.3 Å². The van der Waals surface area contributed by atoms with Gasteiger partial charge in [0.1, 0.15) is 0 Å². The molecule has 0 saturated heterocycles. The molecular weight excluding hydrogens is 320 g/mol. The second kappa shape index (κ2) is 7.69. The predicted molar refractivity (Wildman–Crippen MR) is 87.5 cm³/mol. The van der Waals surface area contributed by atoms with Crippen LogP contribution in [0.1, 0.15) is 30.0 Å². The molecule has 0 aliphatic rings. The molecule has 122 valence electrons. The van der Waals surface area contributed by atoms with Crippen molar-refractivity contribution in [3.05, 3.63) is 46.9 Å². The Bertz CT molecular complexity index is 696. The lowest BCUT2D eigenvalue weighted by Crippen LogP contribution is -2.16. The summed E-state index contributed by atoms with van der Waals surface area (Å²) in [7, 11) is 1.53. The molecule has 2 aromatic rings. The van der Waals surface area contributed by atoms with E-state index in [1.807, 2.05) is 13.8 Å². The van der Waals surface area contributed by atoms with Crippen molar-refractivity contribution in [2.75, 3.05) is 7.11 Å². The van der Waals surface area contributed by atoms with E-state index in [1.165, 1.54) is 19.6 Å². The number of methoxy groups -OCH3 is 1. The monoisotopic (exact) mass is 336 g/mol. The molecule has 1 heterocycles. The van der Waals surface area contributed by atoms with Crippen LogP contribution in [0.2, 0.25) is 5.02 Å². The van der Waals surface area contributed by atoms with Crippen LogP contribution in [-0.2, 0) is 0 Å². The summed E-state index contributed by atoms with van der Waals surface area (Å²) in [6.45, 7) is 3.80. The Morgan fingerprint density at radius 2 is 2.22 bits per heavy atom. The topological polar surface area (TPSA) is 73.1 Å². The molecule has 0 radical (unpaired) electrons. The first-order valence-corrected chi connectivity index (χ1v) is 7.30. The number of nitrogens with zero attached hydrogens (tertiary/aromatic N) is 1. The van der Waals surface area contributed by atoms with Gasteiger partial charge in [0.25, 0.3) is 0 Å². The number of carbonyl (C=O) groups excluding carboxylic acids is 1. The first kappa shape index (κ1) is 16.9. The number of hydrazone groups is 1. The molecule has 1 aromatic carbocycles. The SMILES string of the molecule is COc1cc(/C=N\NC(=O)c2ccco2)cc(Cl)c1OC(C)C. The molecule has 0 atom stereocenters. The minimum absolute atomic E-state index is 0.0338. The number of furan rings is 1. The molecule has 1 amide bonds. The molecule has 6 nitrogen and oxygen atoms in total. The summed E-state index contributed by atoms with van der Waals surface area (Å²) in [6, 6.07) is 6.55. The van der Waals surface area contributed by atoms with Gasteiger partial charge in [-0.1, -0.05) is 11.6 Å². The van der Waals surface area contributed by atoms with Gasteiger partial charge in [-0.15, -0.1) is 0 Å². The Morgan fingerprint density at radius 1 is 1.43 bits per heavy atom. The standard InChI is InChI=1S/C16H17ClN2O4/c1-10(2)23-15-12(17)7-11(8-14(15)21-3)9-18-19-16(20)13-5-4-6-22-13/h4-10H,1-3H3,(H,19,20)/b18-9-. The lowest BCUT2D eigenvalue weighted by Gasteiger charge is -2.15.